The summed E-state index contributed by atoms with van der Waals surface area (Å²) in [6.07, 6.45) is 3.00. The van der Waals surface area contributed by atoms with Crippen LogP contribution in [0.25, 0.3) is 11.3 Å². The fraction of sp³-hybridized carbons (Fsp3) is 0.316. The number of benzene rings is 1. The van der Waals surface area contributed by atoms with Crippen molar-refractivity contribution in [2.75, 3.05) is 5.32 Å². The molecule has 0 fully saturated rings. The summed E-state index contributed by atoms with van der Waals surface area (Å²) in [4.78, 5) is 31.6. The van der Waals surface area contributed by atoms with Crippen LogP contribution in [0.1, 0.15) is 31.7 Å². The minimum atomic E-state index is -0.461. The van der Waals surface area contributed by atoms with Gasteiger partial charge in [-0.05, 0) is 13.3 Å². The maximum Gasteiger partial charge on any atom is 0.252 e. The summed E-state index contributed by atoms with van der Waals surface area (Å²) >= 11 is 2.58. The predicted molar refractivity (Wildman–Crippen MR) is 113 cm³/mol. The molecule has 2 N–H and O–H groups in total. The summed E-state index contributed by atoms with van der Waals surface area (Å²) in [5.74, 6) is -0.212. The van der Waals surface area contributed by atoms with E-state index in [2.05, 4.69) is 32.4 Å². The molecule has 0 aliphatic rings. The molecule has 1 atom stereocenters. The van der Waals surface area contributed by atoms with Gasteiger partial charge in [-0.1, -0.05) is 66.8 Å². The number of aromatic amines is 1. The van der Waals surface area contributed by atoms with Crippen LogP contribution in [0.3, 0.4) is 0 Å². The number of hydrogen-bond donors (Lipinski definition) is 2. The number of aryl methyl sites for hydroxylation is 1. The Morgan fingerprint density at radius 1 is 1.29 bits per heavy atom. The second kappa shape index (κ2) is 9.61. The zero-order valence-corrected chi connectivity index (χ0v) is 17.3. The zero-order valence-electron chi connectivity index (χ0n) is 15.6. The number of hydrogen-bond acceptors (Lipinski definition) is 7. The number of nitrogens with zero attached hydrogens (tertiary/aromatic N) is 3. The minimum Gasteiger partial charge on any atom is -0.301 e. The van der Waals surface area contributed by atoms with Crippen LogP contribution in [0.5, 0.6) is 0 Å². The molecule has 9 heteroatoms. The Morgan fingerprint density at radius 2 is 2.07 bits per heavy atom. The lowest BCUT2D eigenvalue weighted by Gasteiger charge is -2.10. The van der Waals surface area contributed by atoms with Gasteiger partial charge in [-0.2, -0.15) is 0 Å². The van der Waals surface area contributed by atoms with E-state index in [0.29, 0.717) is 16.0 Å². The molecule has 28 heavy (non-hydrogen) atoms. The van der Waals surface area contributed by atoms with Crippen molar-refractivity contribution in [2.45, 2.75) is 43.5 Å². The summed E-state index contributed by atoms with van der Waals surface area (Å²) in [7, 11) is 0. The third kappa shape index (κ3) is 5.49. The van der Waals surface area contributed by atoms with E-state index in [1.807, 2.05) is 30.3 Å². The predicted octanol–water partition coefficient (Wildman–Crippen LogP) is 3.75. The number of rotatable bonds is 8. The minimum absolute atomic E-state index is 0.212. The van der Waals surface area contributed by atoms with Crippen LogP contribution < -0.4 is 10.9 Å². The molecule has 1 aromatic carbocycles. The Bertz CT molecular complexity index is 987. The molecule has 0 saturated heterocycles. The van der Waals surface area contributed by atoms with E-state index in [1.165, 1.54) is 29.2 Å². The summed E-state index contributed by atoms with van der Waals surface area (Å²) < 4.78 is 0. The fourth-order valence-corrected chi connectivity index (χ4v) is 4.00. The first kappa shape index (κ1) is 20.2. The van der Waals surface area contributed by atoms with Crippen molar-refractivity contribution in [1.82, 2.24) is 20.2 Å². The van der Waals surface area contributed by atoms with Gasteiger partial charge in [0, 0.05) is 18.1 Å². The van der Waals surface area contributed by atoms with Gasteiger partial charge in [0.05, 0.1) is 10.9 Å². The van der Waals surface area contributed by atoms with Crippen molar-refractivity contribution in [3.8, 4) is 11.3 Å². The van der Waals surface area contributed by atoms with Crippen LogP contribution in [0.4, 0.5) is 5.13 Å². The molecule has 0 radical (unpaired) electrons. The van der Waals surface area contributed by atoms with Crippen molar-refractivity contribution >= 4 is 34.1 Å². The quantitative estimate of drug-likeness (QED) is 0.429. The second-order valence-corrected chi connectivity index (χ2v) is 8.55. The van der Waals surface area contributed by atoms with Crippen molar-refractivity contribution in [3.63, 3.8) is 0 Å². The first-order valence-electron chi connectivity index (χ1n) is 9.02. The average Bonchev–Trinajstić information content (AvgIpc) is 3.13. The van der Waals surface area contributed by atoms with Crippen LogP contribution >= 0.6 is 23.1 Å². The number of thioether (sulfide) groups is 1. The number of amides is 1. The Hall–Kier alpha value is -2.52. The van der Waals surface area contributed by atoms with Crippen LogP contribution in [-0.2, 0) is 11.2 Å². The van der Waals surface area contributed by atoms with Gasteiger partial charge in [-0.25, -0.2) is 4.98 Å². The van der Waals surface area contributed by atoms with Gasteiger partial charge in [-0.15, -0.1) is 10.2 Å². The number of carbonyl (C=O) groups is 1. The molecule has 2 heterocycles. The molecule has 3 rings (SSSR count). The highest BCUT2D eigenvalue weighted by Crippen LogP contribution is 2.24. The number of unbranched alkanes of at least 4 members (excludes halogenated alkanes) is 1. The molecule has 3 aromatic rings. The van der Waals surface area contributed by atoms with Gasteiger partial charge in [0.1, 0.15) is 5.01 Å². The summed E-state index contributed by atoms with van der Waals surface area (Å²) in [6.45, 7) is 3.88. The number of carbonyl (C=O) groups excluding carboxylic acids is 1. The highest BCUT2D eigenvalue weighted by atomic mass is 32.2. The SMILES string of the molecule is CCCCc1nnc(NC(=O)[C@@H](C)Sc2nc(-c3ccccc3)cc(=O)[nH]2)s1. The number of aromatic nitrogens is 4. The Balaban J connectivity index is 1.66. The lowest BCUT2D eigenvalue weighted by Crippen LogP contribution is -2.23. The molecule has 0 aliphatic heterocycles. The standard InChI is InChI=1S/C19H21N5O2S2/c1-3-4-10-16-23-24-19(28-16)22-17(26)12(2)27-18-20-14(11-15(25)21-18)13-8-6-5-7-9-13/h5-9,11-12H,3-4,10H2,1-2H3,(H,20,21,25)(H,22,24,26)/t12-/m1/s1. The van der Waals surface area contributed by atoms with Crippen LogP contribution in [0.2, 0.25) is 0 Å². The molecular weight excluding hydrogens is 394 g/mol. The van der Waals surface area contributed by atoms with E-state index < -0.39 is 5.25 Å². The molecule has 0 unspecified atom stereocenters. The van der Waals surface area contributed by atoms with E-state index >= 15 is 0 Å². The molecular formula is C19H21N5O2S2. The van der Waals surface area contributed by atoms with Gasteiger partial charge >= 0.3 is 0 Å². The van der Waals surface area contributed by atoms with E-state index in [-0.39, 0.29) is 11.5 Å². The van der Waals surface area contributed by atoms with Crippen molar-refractivity contribution < 1.29 is 4.79 Å². The van der Waals surface area contributed by atoms with E-state index in [1.54, 1.807) is 6.92 Å². The third-order valence-electron chi connectivity index (χ3n) is 3.89. The van der Waals surface area contributed by atoms with Gasteiger partial charge in [0.15, 0.2) is 5.16 Å². The monoisotopic (exact) mass is 415 g/mol. The summed E-state index contributed by atoms with van der Waals surface area (Å²) in [6, 6.07) is 10.9. The Kier molecular flexibility index (Phi) is 6.94. The Morgan fingerprint density at radius 3 is 2.82 bits per heavy atom. The molecule has 0 aliphatic carbocycles. The highest BCUT2D eigenvalue weighted by Gasteiger charge is 2.18. The smallest absolute Gasteiger partial charge is 0.252 e. The van der Waals surface area contributed by atoms with Crippen molar-refractivity contribution in [1.29, 1.82) is 0 Å². The fourth-order valence-electron chi connectivity index (χ4n) is 2.41. The zero-order chi connectivity index (χ0) is 19.9. The van der Waals surface area contributed by atoms with E-state index in [0.717, 1.165) is 29.8 Å². The average molecular weight is 416 g/mol. The highest BCUT2D eigenvalue weighted by molar-refractivity contribution is 8.00. The lowest BCUT2D eigenvalue weighted by atomic mass is 10.1. The first-order valence-corrected chi connectivity index (χ1v) is 10.7. The van der Waals surface area contributed by atoms with Gasteiger partial charge in [0.2, 0.25) is 11.0 Å². The molecule has 1 amide bonds. The molecule has 146 valence electrons. The number of anilines is 1. The van der Waals surface area contributed by atoms with Gasteiger partial charge in [-0.3, -0.25) is 14.9 Å². The summed E-state index contributed by atoms with van der Waals surface area (Å²) in [5.41, 5.74) is 1.17. The topological polar surface area (TPSA) is 101 Å². The lowest BCUT2D eigenvalue weighted by molar-refractivity contribution is -0.115. The maximum atomic E-state index is 12.5. The maximum absolute atomic E-state index is 12.5. The molecule has 0 spiro atoms. The van der Waals surface area contributed by atoms with E-state index in [4.69, 9.17) is 0 Å². The molecule has 0 bridgehead atoms. The van der Waals surface area contributed by atoms with Crippen LogP contribution in [0, 0.1) is 0 Å². The van der Waals surface area contributed by atoms with E-state index in [9.17, 15) is 9.59 Å². The van der Waals surface area contributed by atoms with Gasteiger partial charge < -0.3 is 4.98 Å². The van der Waals surface area contributed by atoms with Gasteiger partial charge in [0.25, 0.3) is 5.56 Å². The number of nitrogens with one attached hydrogen (secondary N) is 2. The van der Waals surface area contributed by atoms with Crippen LogP contribution in [0.15, 0.2) is 46.3 Å². The summed E-state index contributed by atoms with van der Waals surface area (Å²) in [5, 5.41) is 12.2. The second-order valence-electron chi connectivity index (χ2n) is 6.16. The Labute approximate surface area is 171 Å². The normalized spacial score (nSPS) is 11.9. The largest absolute Gasteiger partial charge is 0.301 e. The molecule has 7 nitrogen and oxygen atoms in total. The molecule has 0 saturated carbocycles. The third-order valence-corrected chi connectivity index (χ3v) is 5.77. The van der Waals surface area contributed by atoms with Crippen molar-refractivity contribution in [2.24, 2.45) is 0 Å². The van der Waals surface area contributed by atoms with Crippen molar-refractivity contribution in [3.05, 3.63) is 51.8 Å². The molecule has 2 aromatic heterocycles. The van der Waals surface area contributed by atoms with Crippen LogP contribution in [-0.4, -0.2) is 31.3 Å². The first-order chi connectivity index (χ1) is 13.5. The number of H-pyrrole nitrogens is 1.